The maximum absolute atomic E-state index is 5.91. The van der Waals surface area contributed by atoms with Crippen molar-refractivity contribution in [3.05, 3.63) is 90.5 Å². The van der Waals surface area contributed by atoms with Crippen LogP contribution in [0.3, 0.4) is 0 Å². The van der Waals surface area contributed by atoms with Crippen molar-refractivity contribution in [2.24, 2.45) is 0 Å². The molecule has 0 atom stereocenters. The van der Waals surface area contributed by atoms with Crippen molar-refractivity contribution in [1.29, 1.82) is 0 Å². The molecule has 110 valence electrons. The maximum atomic E-state index is 5.91. The number of benzene rings is 3. The van der Waals surface area contributed by atoms with E-state index in [4.69, 9.17) is 4.74 Å². The van der Waals surface area contributed by atoms with E-state index in [0.717, 1.165) is 22.7 Å². The Morgan fingerprint density at radius 2 is 1.27 bits per heavy atom. The molecule has 3 aromatic rings. The molecule has 0 heterocycles. The Bertz CT molecular complexity index is 636. The molecule has 0 unspecified atom stereocenters. The second-order valence-electron chi connectivity index (χ2n) is 4.89. The molecular formula is C19H18N2O. The van der Waals surface area contributed by atoms with Gasteiger partial charge in [-0.05, 0) is 29.8 Å². The largest absolute Gasteiger partial charge is 0.487 e. The van der Waals surface area contributed by atoms with E-state index in [9.17, 15) is 0 Å². The third-order valence-corrected chi connectivity index (χ3v) is 3.24. The van der Waals surface area contributed by atoms with Gasteiger partial charge < -0.3 is 10.2 Å². The minimum Gasteiger partial charge on any atom is -0.487 e. The molecular weight excluding hydrogens is 272 g/mol. The Labute approximate surface area is 130 Å². The van der Waals surface area contributed by atoms with E-state index < -0.39 is 0 Å². The number of hydrogen-bond donors (Lipinski definition) is 2. The summed E-state index contributed by atoms with van der Waals surface area (Å²) in [7, 11) is 0. The summed E-state index contributed by atoms with van der Waals surface area (Å²) in [6.07, 6.45) is 0. The molecule has 0 radical (unpaired) electrons. The molecule has 0 spiro atoms. The second-order valence-corrected chi connectivity index (χ2v) is 4.89. The summed E-state index contributed by atoms with van der Waals surface area (Å²) in [6, 6.07) is 28.0. The molecule has 3 rings (SSSR count). The lowest BCUT2D eigenvalue weighted by atomic mass is 10.2. The molecule has 2 N–H and O–H groups in total. The molecule has 0 fully saturated rings. The number of nitrogens with one attached hydrogen (secondary N) is 2. The van der Waals surface area contributed by atoms with Crippen LogP contribution in [-0.2, 0) is 6.61 Å². The lowest BCUT2D eigenvalue weighted by molar-refractivity contribution is 0.308. The average molecular weight is 290 g/mol. The Kier molecular flexibility index (Phi) is 4.57. The van der Waals surface area contributed by atoms with Crippen LogP contribution in [-0.4, -0.2) is 0 Å². The quantitative estimate of drug-likeness (QED) is 0.645. The molecule has 0 aliphatic carbocycles. The summed E-state index contributed by atoms with van der Waals surface area (Å²) in [5.74, 6) is 0.815. The van der Waals surface area contributed by atoms with Crippen LogP contribution in [0.25, 0.3) is 0 Å². The van der Waals surface area contributed by atoms with E-state index in [1.807, 2.05) is 72.8 Å². The molecule has 3 aromatic carbocycles. The van der Waals surface area contributed by atoms with Crippen molar-refractivity contribution in [2.45, 2.75) is 6.61 Å². The maximum Gasteiger partial charge on any atom is 0.144 e. The van der Waals surface area contributed by atoms with Gasteiger partial charge in [-0.25, -0.2) is 0 Å². The second kappa shape index (κ2) is 7.18. The molecule has 0 bridgehead atoms. The first-order valence-electron chi connectivity index (χ1n) is 7.25. The van der Waals surface area contributed by atoms with Crippen molar-refractivity contribution in [1.82, 2.24) is 0 Å². The molecule has 3 heteroatoms. The lowest BCUT2D eigenvalue weighted by Crippen LogP contribution is -2.10. The number of para-hydroxylation sites is 3. The van der Waals surface area contributed by atoms with E-state index in [1.54, 1.807) is 0 Å². The molecule has 0 saturated carbocycles. The summed E-state index contributed by atoms with van der Waals surface area (Å²) < 4.78 is 5.91. The van der Waals surface area contributed by atoms with Crippen molar-refractivity contribution >= 4 is 11.4 Å². The van der Waals surface area contributed by atoms with Crippen molar-refractivity contribution in [3.8, 4) is 5.75 Å². The van der Waals surface area contributed by atoms with Crippen LogP contribution in [0.2, 0.25) is 0 Å². The number of hydrazine groups is 1. The summed E-state index contributed by atoms with van der Waals surface area (Å²) in [5.41, 5.74) is 9.41. The Balaban J connectivity index is 1.65. The summed E-state index contributed by atoms with van der Waals surface area (Å²) >= 11 is 0. The first kappa shape index (κ1) is 14.0. The van der Waals surface area contributed by atoms with Gasteiger partial charge in [-0.15, -0.1) is 0 Å². The Morgan fingerprint density at radius 3 is 2.05 bits per heavy atom. The third kappa shape index (κ3) is 3.79. The van der Waals surface area contributed by atoms with Gasteiger partial charge >= 0.3 is 0 Å². The van der Waals surface area contributed by atoms with E-state index in [-0.39, 0.29) is 0 Å². The molecule has 0 aromatic heterocycles. The Hall–Kier alpha value is -2.94. The van der Waals surface area contributed by atoms with Gasteiger partial charge in [-0.2, -0.15) is 0 Å². The SMILES string of the molecule is c1ccc(COc2ccccc2NNc2ccccc2)cc1. The van der Waals surface area contributed by atoms with E-state index in [2.05, 4.69) is 23.0 Å². The zero-order valence-corrected chi connectivity index (χ0v) is 12.2. The van der Waals surface area contributed by atoms with Crippen molar-refractivity contribution < 1.29 is 4.74 Å². The van der Waals surface area contributed by atoms with Gasteiger partial charge in [-0.3, -0.25) is 5.43 Å². The van der Waals surface area contributed by atoms with Crippen molar-refractivity contribution in [2.75, 3.05) is 10.9 Å². The van der Waals surface area contributed by atoms with Gasteiger partial charge in [0.05, 0.1) is 11.4 Å². The van der Waals surface area contributed by atoms with Crippen molar-refractivity contribution in [3.63, 3.8) is 0 Å². The summed E-state index contributed by atoms with van der Waals surface area (Å²) in [5, 5.41) is 0. The normalized spacial score (nSPS) is 10.0. The van der Waals surface area contributed by atoms with Gasteiger partial charge in [0.2, 0.25) is 0 Å². The fourth-order valence-electron chi connectivity index (χ4n) is 2.09. The minimum atomic E-state index is 0.546. The van der Waals surface area contributed by atoms with Crippen LogP contribution >= 0.6 is 0 Å². The highest BCUT2D eigenvalue weighted by Gasteiger charge is 2.02. The topological polar surface area (TPSA) is 33.3 Å². The van der Waals surface area contributed by atoms with Gasteiger partial charge in [-0.1, -0.05) is 60.7 Å². The average Bonchev–Trinajstić information content (AvgIpc) is 2.61. The van der Waals surface area contributed by atoms with Crippen LogP contribution in [0.4, 0.5) is 11.4 Å². The van der Waals surface area contributed by atoms with Crippen LogP contribution < -0.4 is 15.6 Å². The van der Waals surface area contributed by atoms with Gasteiger partial charge in [0.25, 0.3) is 0 Å². The lowest BCUT2D eigenvalue weighted by Gasteiger charge is -2.14. The number of hydrogen-bond acceptors (Lipinski definition) is 3. The number of ether oxygens (including phenoxy) is 1. The van der Waals surface area contributed by atoms with Crippen LogP contribution in [0.15, 0.2) is 84.9 Å². The molecule has 0 aliphatic rings. The van der Waals surface area contributed by atoms with Crippen LogP contribution in [0.5, 0.6) is 5.75 Å². The zero-order valence-electron chi connectivity index (χ0n) is 12.2. The van der Waals surface area contributed by atoms with E-state index in [1.165, 1.54) is 0 Å². The number of anilines is 2. The first-order valence-corrected chi connectivity index (χ1v) is 7.25. The fraction of sp³-hybridized carbons (Fsp3) is 0.0526. The Morgan fingerprint density at radius 1 is 0.636 bits per heavy atom. The molecule has 0 aliphatic heterocycles. The summed E-state index contributed by atoms with van der Waals surface area (Å²) in [4.78, 5) is 0. The fourth-order valence-corrected chi connectivity index (χ4v) is 2.09. The third-order valence-electron chi connectivity index (χ3n) is 3.24. The van der Waals surface area contributed by atoms with Gasteiger partial charge in [0, 0.05) is 0 Å². The van der Waals surface area contributed by atoms with Crippen LogP contribution in [0, 0.1) is 0 Å². The minimum absolute atomic E-state index is 0.546. The predicted octanol–water partition coefficient (Wildman–Crippen LogP) is 4.70. The molecule has 0 saturated heterocycles. The monoisotopic (exact) mass is 290 g/mol. The predicted molar refractivity (Wildman–Crippen MR) is 90.9 cm³/mol. The standard InChI is InChI=1S/C19H18N2O/c1-3-9-16(10-4-1)15-22-19-14-8-7-13-18(19)21-20-17-11-5-2-6-12-17/h1-14,20-21H,15H2. The van der Waals surface area contributed by atoms with Crippen LogP contribution in [0.1, 0.15) is 5.56 Å². The van der Waals surface area contributed by atoms with Gasteiger partial charge in [0.15, 0.2) is 0 Å². The highest BCUT2D eigenvalue weighted by Crippen LogP contribution is 2.24. The zero-order chi connectivity index (χ0) is 15.0. The highest BCUT2D eigenvalue weighted by molar-refractivity contribution is 5.60. The smallest absolute Gasteiger partial charge is 0.144 e. The van der Waals surface area contributed by atoms with E-state index >= 15 is 0 Å². The summed E-state index contributed by atoms with van der Waals surface area (Å²) in [6.45, 7) is 0.546. The molecule has 22 heavy (non-hydrogen) atoms. The number of rotatable bonds is 6. The van der Waals surface area contributed by atoms with E-state index in [0.29, 0.717) is 6.61 Å². The van der Waals surface area contributed by atoms with Gasteiger partial charge in [0.1, 0.15) is 12.4 Å². The molecule has 3 nitrogen and oxygen atoms in total. The highest BCUT2D eigenvalue weighted by atomic mass is 16.5. The molecule has 0 amide bonds. The first-order chi connectivity index (χ1) is 10.9.